The number of amides is 6. The van der Waals surface area contributed by atoms with Crippen LogP contribution in [0.3, 0.4) is 0 Å². The Kier molecular flexibility index (Phi) is 13.3. The smallest absolute Gasteiger partial charge is 0.329 e. The quantitative estimate of drug-likeness (QED) is 0.104. The SMILES string of the molecule is CC(NC(=O)C(C)N1C(=O)CC(Cc2ccc(O)cc2O)C1=O)C(=O)O.CCOC(=O)C(CC(N)=O)N1C(=O)CC(Cc2ccc(O)cc2O)C1=O. The minimum atomic E-state index is -1.40. The normalized spacial score (nSPS) is 18.7. The van der Waals surface area contributed by atoms with Gasteiger partial charge in [-0.1, -0.05) is 12.1 Å². The fraction of sp³-hybridized carbons (Fsp3) is 0.412. The number of esters is 1. The van der Waals surface area contributed by atoms with Crippen LogP contribution >= 0.6 is 0 Å². The Hall–Kier alpha value is -6.20. The van der Waals surface area contributed by atoms with Crippen LogP contribution in [0, 0.1) is 11.8 Å². The van der Waals surface area contributed by atoms with Crippen LogP contribution < -0.4 is 11.1 Å². The van der Waals surface area contributed by atoms with Crippen LogP contribution in [0.4, 0.5) is 0 Å². The molecule has 2 aromatic carbocycles. The number of aliphatic carboxylic acids is 1. The lowest BCUT2D eigenvalue weighted by atomic mass is 9.97. The van der Waals surface area contributed by atoms with Gasteiger partial charge in [0, 0.05) is 25.0 Å². The molecule has 0 aromatic heterocycles. The number of aromatic hydroxyl groups is 4. The van der Waals surface area contributed by atoms with Crippen molar-refractivity contribution in [1.82, 2.24) is 15.1 Å². The van der Waals surface area contributed by atoms with Crippen LogP contribution in [0.1, 0.15) is 51.2 Å². The molecule has 8 N–H and O–H groups in total. The molecule has 5 atom stereocenters. The number of nitrogens with zero attached hydrogens (tertiary/aromatic N) is 2. The van der Waals surface area contributed by atoms with Crippen molar-refractivity contribution in [3.8, 4) is 23.0 Å². The number of carbonyl (C=O) groups is 8. The lowest BCUT2D eigenvalue weighted by Crippen LogP contribution is -2.51. The molecule has 0 spiro atoms. The van der Waals surface area contributed by atoms with Crippen molar-refractivity contribution in [2.24, 2.45) is 17.6 Å². The standard InChI is InChI=1S/2C17H20N2O7/c1-8(17(25)26)18-15(23)9(2)19-14(22)6-11(16(19)24)5-10-3-4-12(20)7-13(10)21;1-2-26-17(25)12(8-14(18)22)19-15(23)6-10(16(19)24)5-9-3-4-11(20)7-13(9)21/h3-4,7-9,11,20-21H,5-6H2,1-2H3,(H,18,23)(H,25,26);3-4,7,10,12,20-21H,2,5-6,8H2,1H3,(H2,18,22). The van der Waals surface area contributed by atoms with Crippen LogP contribution in [0.25, 0.3) is 0 Å². The van der Waals surface area contributed by atoms with Gasteiger partial charge in [0.05, 0.1) is 24.9 Å². The van der Waals surface area contributed by atoms with Crippen molar-refractivity contribution in [1.29, 1.82) is 0 Å². The Balaban J connectivity index is 0.000000280. The highest BCUT2D eigenvalue weighted by Crippen LogP contribution is 2.32. The molecule has 0 bridgehead atoms. The molecule has 52 heavy (non-hydrogen) atoms. The average molecular weight is 729 g/mol. The molecule has 2 aromatic rings. The van der Waals surface area contributed by atoms with Crippen LogP contribution in [-0.2, 0) is 55.9 Å². The minimum absolute atomic E-state index is 0.0229. The first-order valence-corrected chi connectivity index (χ1v) is 16.1. The summed E-state index contributed by atoms with van der Waals surface area (Å²) in [6, 6.07) is 4.18. The van der Waals surface area contributed by atoms with Crippen LogP contribution in [0.15, 0.2) is 36.4 Å². The molecule has 2 aliphatic rings. The highest BCUT2D eigenvalue weighted by Gasteiger charge is 2.46. The van der Waals surface area contributed by atoms with Gasteiger partial charge in [-0.2, -0.15) is 0 Å². The van der Waals surface area contributed by atoms with E-state index in [9.17, 15) is 58.8 Å². The fourth-order valence-corrected chi connectivity index (χ4v) is 5.69. The molecular weight excluding hydrogens is 688 g/mol. The Morgan fingerprint density at radius 2 is 1.29 bits per heavy atom. The van der Waals surface area contributed by atoms with E-state index < -0.39 is 83.8 Å². The number of carboxylic acid groups (broad SMARTS) is 1. The number of imide groups is 2. The van der Waals surface area contributed by atoms with E-state index in [-0.39, 0.29) is 55.3 Å². The van der Waals surface area contributed by atoms with Gasteiger partial charge in [0.15, 0.2) is 0 Å². The van der Waals surface area contributed by atoms with Gasteiger partial charge in [0.25, 0.3) is 0 Å². The minimum Gasteiger partial charge on any atom is -0.508 e. The molecule has 0 saturated carbocycles. The average Bonchev–Trinajstić information content (AvgIpc) is 3.49. The van der Waals surface area contributed by atoms with Gasteiger partial charge in [-0.15, -0.1) is 0 Å². The lowest BCUT2D eigenvalue weighted by Gasteiger charge is -2.24. The zero-order valence-corrected chi connectivity index (χ0v) is 28.5. The molecular formula is C34H40N4O14. The molecule has 2 fully saturated rings. The van der Waals surface area contributed by atoms with Crippen molar-refractivity contribution in [2.45, 2.75) is 71.0 Å². The van der Waals surface area contributed by atoms with E-state index in [0.29, 0.717) is 11.1 Å². The molecule has 0 radical (unpaired) electrons. The third-order valence-electron chi connectivity index (χ3n) is 8.38. The number of hydrogen-bond acceptors (Lipinski definition) is 13. The summed E-state index contributed by atoms with van der Waals surface area (Å²) in [5, 5.41) is 49.4. The highest BCUT2D eigenvalue weighted by atomic mass is 16.5. The first-order chi connectivity index (χ1) is 24.4. The van der Waals surface area contributed by atoms with Gasteiger partial charge in [-0.3, -0.25) is 43.4 Å². The van der Waals surface area contributed by atoms with E-state index >= 15 is 0 Å². The third-order valence-corrected chi connectivity index (χ3v) is 8.38. The molecule has 4 rings (SSSR count). The number of nitrogens with two attached hydrogens (primary N) is 1. The number of hydrogen-bond donors (Lipinski definition) is 7. The topological polar surface area (TPSA) is 291 Å². The van der Waals surface area contributed by atoms with Gasteiger partial charge in [0.1, 0.15) is 41.1 Å². The summed E-state index contributed by atoms with van der Waals surface area (Å²) < 4.78 is 4.84. The van der Waals surface area contributed by atoms with Crippen molar-refractivity contribution < 1.29 is 68.6 Å². The highest BCUT2D eigenvalue weighted by molar-refractivity contribution is 6.08. The number of carbonyl (C=O) groups excluding carboxylic acids is 7. The zero-order chi connectivity index (χ0) is 39.0. The number of benzene rings is 2. The predicted octanol–water partition coefficient (Wildman–Crippen LogP) is -0.184. The maximum atomic E-state index is 12.6. The second-order valence-corrected chi connectivity index (χ2v) is 12.2. The molecule has 6 amide bonds. The zero-order valence-electron chi connectivity index (χ0n) is 28.5. The van der Waals surface area contributed by atoms with Gasteiger partial charge in [-0.25, -0.2) is 4.79 Å². The summed E-state index contributed by atoms with van der Waals surface area (Å²) >= 11 is 0. The van der Waals surface area contributed by atoms with Crippen LogP contribution in [-0.4, -0.2) is 107 Å². The van der Waals surface area contributed by atoms with Crippen molar-refractivity contribution in [2.75, 3.05) is 6.61 Å². The van der Waals surface area contributed by atoms with Gasteiger partial charge >= 0.3 is 11.9 Å². The van der Waals surface area contributed by atoms with Gasteiger partial charge < -0.3 is 41.3 Å². The first-order valence-electron chi connectivity index (χ1n) is 16.1. The number of rotatable bonds is 13. The number of ether oxygens (including phenoxy) is 1. The maximum Gasteiger partial charge on any atom is 0.329 e. The summed E-state index contributed by atoms with van der Waals surface area (Å²) in [4.78, 5) is 97.5. The Morgan fingerprint density at radius 1 is 0.827 bits per heavy atom. The molecule has 2 aliphatic heterocycles. The number of primary amides is 1. The second-order valence-electron chi connectivity index (χ2n) is 12.2. The summed E-state index contributed by atoms with van der Waals surface area (Å²) in [7, 11) is 0. The number of carboxylic acids is 1. The van der Waals surface area contributed by atoms with E-state index in [0.717, 1.165) is 21.9 Å². The number of likely N-dealkylation sites (tertiary alicyclic amines) is 2. The summed E-state index contributed by atoms with van der Waals surface area (Å²) in [6.45, 7) is 4.20. The van der Waals surface area contributed by atoms with Crippen LogP contribution in [0.2, 0.25) is 0 Å². The molecule has 2 heterocycles. The summed E-state index contributed by atoms with van der Waals surface area (Å²) in [5.41, 5.74) is 5.89. The molecule has 2 saturated heterocycles. The van der Waals surface area contributed by atoms with E-state index in [2.05, 4.69) is 5.32 Å². The van der Waals surface area contributed by atoms with E-state index in [4.69, 9.17) is 15.6 Å². The van der Waals surface area contributed by atoms with Crippen LogP contribution in [0.5, 0.6) is 23.0 Å². The molecule has 5 unspecified atom stereocenters. The van der Waals surface area contributed by atoms with Gasteiger partial charge in [-0.05, 0) is 56.9 Å². The first kappa shape index (κ1) is 40.2. The second kappa shape index (κ2) is 17.1. The molecule has 0 aliphatic carbocycles. The summed E-state index contributed by atoms with van der Waals surface area (Å²) in [5.74, 6) is -8.24. The third kappa shape index (κ3) is 9.73. The summed E-state index contributed by atoms with van der Waals surface area (Å²) in [6.07, 6.45) is -0.696. The van der Waals surface area contributed by atoms with Gasteiger partial charge in [0.2, 0.25) is 35.4 Å². The van der Waals surface area contributed by atoms with E-state index in [1.54, 1.807) is 6.92 Å². The number of phenolic OH excluding ortho intramolecular Hbond substituents is 4. The molecule has 18 heteroatoms. The largest absolute Gasteiger partial charge is 0.508 e. The Labute approximate surface area is 296 Å². The van der Waals surface area contributed by atoms with Crippen molar-refractivity contribution >= 4 is 47.4 Å². The van der Waals surface area contributed by atoms with Crippen molar-refractivity contribution in [3.63, 3.8) is 0 Å². The number of nitrogens with one attached hydrogen (secondary N) is 1. The molecule has 18 nitrogen and oxygen atoms in total. The predicted molar refractivity (Wildman–Crippen MR) is 176 cm³/mol. The maximum absolute atomic E-state index is 12.6. The Morgan fingerprint density at radius 3 is 1.71 bits per heavy atom. The monoisotopic (exact) mass is 728 g/mol. The Bertz CT molecular complexity index is 1760. The van der Waals surface area contributed by atoms with E-state index in [1.807, 2.05) is 0 Å². The van der Waals surface area contributed by atoms with E-state index in [1.165, 1.54) is 38.1 Å². The fourth-order valence-electron chi connectivity index (χ4n) is 5.69. The van der Waals surface area contributed by atoms with Crippen molar-refractivity contribution in [3.05, 3.63) is 47.5 Å². The molecule has 280 valence electrons. The lowest BCUT2D eigenvalue weighted by molar-refractivity contribution is -0.159. The number of phenols is 4.